The molecule has 0 fully saturated rings. The molecule has 0 saturated heterocycles. The van der Waals surface area contributed by atoms with Gasteiger partial charge >= 0.3 is 0 Å². The van der Waals surface area contributed by atoms with Crippen molar-refractivity contribution in [3.8, 4) is 0 Å². The minimum absolute atomic E-state index is 0.614. The molecule has 0 aromatic heterocycles. The summed E-state index contributed by atoms with van der Waals surface area (Å²) in [4.78, 5) is 0. The molecule has 2 N–H and O–H groups in total. The van der Waals surface area contributed by atoms with Crippen molar-refractivity contribution in [2.75, 3.05) is 11.9 Å². The van der Waals surface area contributed by atoms with Gasteiger partial charge in [-0.25, -0.2) is 0 Å². The van der Waals surface area contributed by atoms with Gasteiger partial charge in [0.2, 0.25) is 0 Å². The number of β-amino-alcohol motifs (C(OH)–C–C–N with tert-alkyl or cyclic N) is 1. The van der Waals surface area contributed by atoms with Crippen LogP contribution in [0.1, 0.15) is 12.5 Å². The molecule has 0 bridgehead atoms. The molecule has 2 nitrogen and oxygen atoms in total. The molecular weight excluding hydrogens is 230 g/mol. The van der Waals surface area contributed by atoms with E-state index in [-0.39, 0.29) is 0 Å². The maximum absolute atomic E-state index is 9.83. The molecule has 3 heteroatoms. The zero-order valence-electron chi connectivity index (χ0n) is 7.47. The van der Waals surface area contributed by atoms with Crippen LogP contribution in [0, 0.1) is 0 Å². The van der Waals surface area contributed by atoms with E-state index in [1.807, 2.05) is 25.1 Å². The Labute approximate surface area is 86.1 Å². The van der Waals surface area contributed by atoms with E-state index in [9.17, 15) is 5.11 Å². The lowest BCUT2D eigenvalue weighted by Crippen LogP contribution is -2.39. The SMILES string of the molecule is CC1(O)CNc2c(Br)cccc2C1. The number of nitrogens with one attached hydrogen (secondary N) is 1. The molecule has 0 spiro atoms. The first-order valence-corrected chi connectivity index (χ1v) is 5.11. The second-order valence-corrected chi connectivity index (χ2v) is 4.66. The normalized spacial score (nSPS) is 26.4. The molecular formula is C10H12BrNO. The maximum atomic E-state index is 9.83. The van der Waals surface area contributed by atoms with Gasteiger partial charge in [0.1, 0.15) is 0 Å². The Morgan fingerprint density at radius 3 is 3.08 bits per heavy atom. The predicted octanol–water partition coefficient (Wildman–Crippen LogP) is 2.17. The fourth-order valence-corrected chi connectivity index (χ4v) is 2.21. The summed E-state index contributed by atoms with van der Waals surface area (Å²) in [6.07, 6.45) is 0.717. The van der Waals surface area contributed by atoms with Gasteiger partial charge < -0.3 is 10.4 Å². The Morgan fingerprint density at radius 1 is 1.54 bits per heavy atom. The Hall–Kier alpha value is -0.540. The molecule has 1 unspecified atom stereocenters. The smallest absolute Gasteiger partial charge is 0.0832 e. The second kappa shape index (κ2) is 3.00. The van der Waals surface area contributed by atoms with Crippen LogP contribution in [0.3, 0.4) is 0 Å². The quantitative estimate of drug-likeness (QED) is 0.730. The van der Waals surface area contributed by atoms with Crippen molar-refractivity contribution in [1.29, 1.82) is 0 Å². The second-order valence-electron chi connectivity index (χ2n) is 3.80. The molecule has 0 radical (unpaired) electrons. The van der Waals surface area contributed by atoms with Crippen LogP contribution in [-0.2, 0) is 6.42 Å². The maximum Gasteiger partial charge on any atom is 0.0832 e. The van der Waals surface area contributed by atoms with Gasteiger partial charge in [-0.2, -0.15) is 0 Å². The lowest BCUT2D eigenvalue weighted by molar-refractivity contribution is 0.0710. The van der Waals surface area contributed by atoms with Crippen LogP contribution in [0.15, 0.2) is 22.7 Å². The van der Waals surface area contributed by atoms with Gasteiger partial charge in [0.15, 0.2) is 0 Å². The summed E-state index contributed by atoms with van der Waals surface area (Å²) in [6, 6.07) is 6.04. The standard InChI is InChI=1S/C10H12BrNO/c1-10(13)5-7-3-2-4-8(11)9(7)12-6-10/h2-4,12-13H,5-6H2,1H3. The summed E-state index contributed by atoms with van der Waals surface area (Å²) in [5, 5.41) is 13.1. The van der Waals surface area contributed by atoms with E-state index in [4.69, 9.17) is 0 Å². The van der Waals surface area contributed by atoms with Crippen molar-refractivity contribution < 1.29 is 5.11 Å². The fraction of sp³-hybridized carbons (Fsp3) is 0.400. The average Bonchev–Trinajstić information content (AvgIpc) is 2.02. The third-order valence-electron chi connectivity index (χ3n) is 2.32. The third-order valence-corrected chi connectivity index (χ3v) is 2.98. The van der Waals surface area contributed by atoms with Crippen LogP contribution in [0.5, 0.6) is 0 Å². The molecule has 1 aliphatic rings. The number of hydrogen-bond donors (Lipinski definition) is 2. The largest absolute Gasteiger partial charge is 0.388 e. The molecule has 70 valence electrons. The molecule has 1 aromatic rings. The highest BCUT2D eigenvalue weighted by molar-refractivity contribution is 9.10. The van der Waals surface area contributed by atoms with Crippen molar-refractivity contribution in [1.82, 2.24) is 0 Å². The van der Waals surface area contributed by atoms with Crippen molar-refractivity contribution in [2.24, 2.45) is 0 Å². The number of anilines is 1. The Balaban J connectivity index is 2.42. The molecule has 2 rings (SSSR count). The van der Waals surface area contributed by atoms with Gasteiger partial charge in [-0.3, -0.25) is 0 Å². The lowest BCUT2D eigenvalue weighted by atomic mass is 9.92. The van der Waals surface area contributed by atoms with Gasteiger partial charge in [0.05, 0.1) is 11.3 Å². The zero-order valence-corrected chi connectivity index (χ0v) is 9.06. The summed E-state index contributed by atoms with van der Waals surface area (Å²) in [5.74, 6) is 0. The molecule has 1 aliphatic heterocycles. The van der Waals surface area contributed by atoms with Gasteiger partial charge in [-0.15, -0.1) is 0 Å². The number of aliphatic hydroxyl groups is 1. The summed E-state index contributed by atoms with van der Waals surface area (Å²) in [5.41, 5.74) is 1.67. The van der Waals surface area contributed by atoms with E-state index < -0.39 is 5.60 Å². The number of fused-ring (bicyclic) bond motifs is 1. The highest BCUT2D eigenvalue weighted by Crippen LogP contribution is 2.32. The molecule has 1 aromatic carbocycles. The van der Waals surface area contributed by atoms with E-state index >= 15 is 0 Å². The summed E-state index contributed by atoms with van der Waals surface area (Å²) in [6.45, 7) is 2.46. The van der Waals surface area contributed by atoms with Crippen molar-refractivity contribution in [2.45, 2.75) is 18.9 Å². The van der Waals surface area contributed by atoms with Crippen molar-refractivity contribution >= 4 is 21.6 Å². The van der Waals surface area contributed by atoms with E-state index in [0.29, 0.717) is 6.54 Å². The van der Waals surface area contributed by atoms with E-state index in [1.54, 1.807) is 0 Å². The van der Waals surface area contributed by atoms with Crippen LogP contribution in [0.25, 0.3) is 0 Å². The number of rotatable bonds is 0. The number of para-hydroxylation sites is 1. The van der Waals surface area contributed by atoms with Crippen molar-refractivity contribution in [3.63, 3.8) is 0 Å². The van der Waals surface area contributed by atoms with Crippen LogP contribution in [-0.4, -0.2) is 17.3 Å². The summed E-state index contributed by atoms with van der Waals surface area (Å²) < 4.78 is 1.07. The number of benzene rings is 1. The van der Waals surface area contributed by atoms with Crippen LogP contribution in [0.4, 0.5) is 5.69 Å². The monoisotopic (exact) mass is 241 g/mol. The Bertz CT molecular complexity index is 336. The average molecular weight is 242 g/mol. The van der Waals surface area contributed by atoms with E-state index in [2.05, 4.69) is 21.2 Å². The molecule has 0 amide bonds. The number of halogens is 1. The first kappa shape index (κ1) is 9.03. The lowest BCUT2D eigenvalue weighted by Gasteiger charge is -2.31. The Morgan fingerprint density at radius 2 is 2.31 bits per heavy atom. The highest BCUT2D eigenvalue weighted by Gasteiger charge is 2.27. The minimum atomic E-state index is -0.617. The summed E-state index contributed by atoms with van der Waals surface area (Å²) in [7, 11) is 0. The first-order valence-electron chi connectivity index (χ1n) is 4.32. The first-order chi connectivity index (χ1) is 6.08. The van der Waals surface area contributed by atoms with Crippen LogP contribution >= 0.6 is 15.9 Å². The van der Waals surface area contributed by atoms with Crippen molar-refractivity contribution in [3.05, 3.63) is 28.2 Å². The van der Waals surface area contributed by atoms with Gasteiger partial charge in [-0.05, 0) is 34.5 Å². The van der Waals surface area contributed by atoms with Crippen LogP contribution in [0.2, 0.25) is 0 Å². The zero-order chi connectivity index (χ0) is 9.47. The third kappa shape index (κ3) is 1.71. The van der Waals surface area contributed by atoms with Gasteiger partial charge in [0, 0.05) is 17.4 Å². The van der Waals surface area contributed by atoms with E-state index in [0.717, 1.165) is 16.6 Å². The van der Waals surface area contributed by atoms with Gasteiger partial charge in [0.25, 0.3) is 0 Å². The fourth-order valence-electron chi connectivity index (χ4n) is 1.67. The highest BCUT2D eigenvalue weighted by atomic mass is 79.9. The predicted molar refractivity (Wildman–Crippen MR) is 57.0 cm³/mol. The van der Waals surface area contributed by atoms with Gasteiger partial charge in [-0.1, -0.05) is 12.1 Å². The molecule has 13 heavy (non-hydrogen) atoms. The molecule has 1 heterocycles. The van der Waals surface area contributed by atoms with Crippen LogP contribution < -0.4 is 5.32 Å². The minimum Gasteiger partial charge on any atom is -0.388 e. The molecule has 0 aliphatic carbocycles. The molecule has 0 saturated carbocycles. The molecule has 1 atom stereocenters. The topological polar surface area (TPSA) is 32.3 Å². The Kier molecular flexibility index (Phi) is 2.08. The number of hydrogen-bond acceptors (Lipinski definition) is 2. The van der Waals surface area contributed by atoms with E-state index in [1.165, 1.54) is 5.56 Å². The summed E-state index contributed by atoms with van der Waals surface area (Å²) >= 11 is 3.48.